The third-order valence-electron chi connectivity index (χ3n) is 4.49. The average Bonchev–Trinajstić information content (AvgIpc) is 2.71. The fourth-order valence-corrected chi connectivity index (χ4v) is 3.09. The monoisotopic (exact) mass is 369 g/mol. The molecule has 4 rings (SSSR count). The van der Waals surface area contributed by atoms with Crippen LogP contribution in [-0.4, -0.2) is 42.1 Å². The van der Waals surface area contributed by atoms with Crippen LogP contribution in [-0.2, 0) is 4.74 Å². The molecule has 0 atom stereocenters. The molecule has 0 spiro atoms. The van der Waals surface area contributed by atoms with Gasteiger partial charge in [0, 0.05) is 36.4 Å². The van der Waals surface area contributed by atoms with Crippen molar-refractivity contribution in [1.29, 1.82) is 0 Å². The van der Waals surface area contributed by atoms with Crippen molar-refractivity contribution in [2.24, 2.45) is 0 Å². The van der Waals surface area contributed by atoms with Gasteiger partial charge in [0.25, 0.3) is 5.91 Å². The molecule has 138 valence electrons. The van der Waals surface area contributed by atoms with E-state index < -0.39 is 11.6 Å². The molecule has 7 heteroatoms. The van der Waals surface area contributed by atoms with Gasteiger partial charge in [-0.1, -0.05) is 18.2 Å². The zero-order valence-corrected chi connectivity index (χ0v) is 14.4. The highest BCUT2D eigenvalue weighted by molar-refractivity contribution is 6.08. The summed E-state index contributed by atoms with van der Waals surface area (Å²) in [7, 11) is 0. The summed E-state index contributed by atoms with van der Waals surface area (Å²) in [6.07, 6.45) is 1.52. The number of amides is 1. The minimum atomic E-state index is -0.959. The van der Waals surface area contributed by atoms with E-state index in [1.54, 1.807) is 4.90 Å². The smallest absolute Gasteiger partial charge is 0.257 e. The van der Waals surface area contributed by atoms with Gasteiger partial charge in [0.1, 0.15) is 0 Å². The van der Waals surface area contributed by atoms with Crippen LogP contribution < -0.4 is 5.32 Å². The van der Waals surface area contributed by atoms with Crippen LogP contribution in [0.4, 0.5) is 20.2 Å². The molecule has 1 fully saturated rings. The van der Waals surface area contributed by atoms with Gasteiger partial charge >= 0.3 is 0 Å². The number of carbonyl (C=O) groups is 1. The first-order chi connectivity index (χ1) is 13.1. The molecule has 1 N–H and O–H groups in total. The van der Waals surface area contributed by atoms with E-state index >= 15 is 0 Å². The van der Waals surface area contributed by atoms with Gasteiger partial charge in [-0.3, -0.25) is 9.78 Å². The first-order valence-electron chi connectivity index (χ1n) is 8.60. The van der Waals surface area contributed by atoms with Crippen LogP contribution in [0.1, 0.15) is 10.4 Å². The molecule has 1 amide bonds. The molecule has 1 aliphatic rings. The molecule has 0 saturated carbocycles. The summed E-state index contributed by atoms with van der Waals surface area (Å²) in [5.41, 5.74) is 1.94. The predicted molar refractivity (Wildman–Crippen MR) is 98.1 cm³/mol. The molecular weight excluding hydrogens is 352 g/mol. The number of anilines is 2. The van der Waals surface area contributed by atoms with Crippen LogP contribution in [0.25, 0.3) is 10.9 Å². The van der Waals surface area contributed by atoms with Gasteiger partial charge in [0.05, 0.1) is 30.0 Å². The maximum Gasteiger partial charge on any atom is 0.257 e. The highest BCUT2D eigenvalue weighted by atomic mass is 19.2. The number of morpholine rings is 1. The van der Waals surface area contributed by atoms with E-state index in [0.29, 0.717) is 48.8 Å². The van der Waals surface area contributed by atoms with Crippen molar-refractivity contribution in [2.45, 2.75) is 0 Å². The van der Waals surface area contributed by atoms with Crippen LogP contribution in [0.5, 0.6) is 0 Å². The Labute approximate surface area is 154 Å². The Morgan fingerprint density at radius 3 is 2.63 bits per heavy atom. The third-order valence-corrected chi connectivity index (χ3v) is 4.49. The van der Waals surface area contributed by atoms with Crippen LogP contribution in [0, 0.1) is 11.6 Å². The Morgan fingerprint density at radius 1 is 1.07 bits per heavy atom. The maximum atomic E-state index is 13.6. The van der Waals surface area contributed by atoms with Gasteiger partial charge in [-0.05, 0) is 18.2 Å². The molecule has 1 aliphatic heterocycles. The quantitative estimate of drug-likeness (QED) is 0.764. The minimum Gasteiger partial charge on any atom is -0.378 e. The molecule has 2 aromatic carbocycles. The number of aromatic nitrogens is 1. The summed E-state index contributed by atoms with van der Waals surface area (Å²) in [6, 6.07) is 10.9. The number of nitrogens with one attached hydrogen (secondary N) is 1. The normalized spacial score (nSPS) is 14.4. The first-order valence-corrected chi connectivity index (χ1v) is 8.60. The molecular formula is C20H17F2N3O2. The number of halogens is 2. The lowest BCUT2D eigenvalue weighted by molar-refractivity contribution is 0.0303. The van der Waals surface area contributed by atoms with Crippen LogP contribution in [0.3, 0.4) is 0 Å². The molecule has 0 radical (unpaired) electrons. The summed E-state index contributed by atoms with van der Waals surface area (Å²) in [6.45, 7) is 1.96. The van der Waals surface area contributed by atoms with Crippen LogP contribution in [0.15, 0.2) is 48.7 Å². The number of rotatable bonds is 3. The Kier molecular flexibility index (Phi) is 4.68. The second kappa shape index (κ2) is 7.28. The summed E-state index contributed by atoms with van der Waals surface area (Å²) < 4.78 is 32.2. The van der Waals surface area contributed by atoms with E-state index in [9.17, 15) is 13.6 Å². The van der Waals surface area contributed by atoms with Crippen molar-refractivity contribution in [2.75, 3.05) is 31.6 Å². The second-order valence-corrected chi connectivity index (χ2v) is 6.22. The van der Waals surface area contributed by atoms with Crippen molar-refractivity contribution in [3.8, 4) is 0 Å². The molecule has 0 bridgehead atoms. The van der Waals surface area contributed by atoms with Gasteiger partial charge in [-0.2, -0.15) is 0 Å². The molecule has 1 saturated heterocycles. The van der Waals surface area contributed by atoms with Crippen molar-refractivity contribution in [3.63, 3.8) is 0 Å². The van der Waals surface area contributed by atoms with Gasteiger partial charge in [-0.15, -0.1) is 0 Å². The number of hydrogen-bond acceptors (Lipinski definition) is 4. The Hall–Kier alpha value is -3.06. The number of pyridine rings is 1. The molecule has 3 aromatic rings. The fourth-order valence-electron chi connectivity index (χ4n) is 3.09. The van der Waals surface area contributed by atoms with Gasteiger partial charge < -0.3 is 15.0 Å². The van der Waals surface area contributed by atoms with E-state index in [1.807, 2.05) is 24.3 Å². The standard InChI is InChI=1S/C20H17F2N3O2/c21-16-6-5-13(11-17(16)22)24-19-14-3-1-2-4-18(14)23-12-15(19)20(26)25-7-9-27-10-8-25/h1-6,11-12H,7-10H2,(H,23,24). The predicted octanol–water partition coefficient (Wildman–Crippen LogP) is 3.73. The van der Waals surface area contributed by atoms with Crippen molar-refractivity contribution >= 4 is 28.2 Å². The van der Waals surface area contributed by atoms with E-state index in [-0.39, 0.29) is 5.91 Å². The summed E-state index contributed by atoms with van der Waals surface area (Å²) in [5.74, 6) is -2.06. The molecule has 1 aromatic heterocycles. The third kappa shape index (κ3) is 3.46. The number of ether oxygens (including phenoxy) is 1. The van der Waals surface area contributed by atoms with Crippen LogP contribution >= 0.6 is 0 Å². The highest BCUT2D eigenvalue weighted by Crippen LogP contribution is 2.30. The van der Waals surface area contributed by atoms with Crippen LogP contribution in [0.2, 0.25) is 0 Å². The Balaban J connectivity index is 1.79. The highest BCUT2D eigenvalue weighted by Gasteiger charge is 2.23. The topological polar surface area (TPSA) is 54.5 Å². The number of fused-ring (bicyclic) bond motifs is 1. The number of para-hydroxylation sites is 1. The summed E-state index contributed by atoms with van der Waals surface area (Å²) in [4.78, 5) is 19.1. The molecule has 0 unspecified atom stereocenters. The number of hydrogen-bond donors (Lipinski definition) is 1. The van der Waals surface area contributed by atoms with E-state index in [0.717, 1.165) is 17.5 Å². The molecule has 5 nitrogen and oxygen atoms in total. The summed E-state index contributed by atoms with van der Waals surface area (Å²) >= 11 is 0. The molecule has 2 heterocycles. The van der Waals surface area contributed by atoms with E-state index in [1.165, 1.54) is 12.3 Å². The van der Waals surface area contributed by atoms with Crippen molar-refractivity contribution in [3.05, 3.63) is 65.9 Å². The lowest BCUT2D eigenvalue weighted by Crippen LogP contribution is -2.41. The van der Waals surface area contributed by atoms with E-state index in [4.69, 9.17) is 4.74 Å². The van der Waals surface area contributed by atoms with Gasteiger partial charge in [0.2, 0.25) is 0 Å². The summed E-state index contributed by atoms with van der Waals surface area (Å²) in [5, 5.41) is 3.80. The van der Waals surface area contributed by atoms with Crippen molar-refractivity contribution < 1.29 is 18.3 Å². The molecule has 27 heavy (non-hydrogen) atoms. The lowest BCUT2D eigenvalue weighted by Gasteiger charge is -2.27. The van der Waals surface area contributed by atoms with Gasteiger partial charge in [-0.25, -0.2) is 8.78 Å². The van der Waals surface area contributed by atoms with Gasteiger partial charge in [0.15, 0.2) is 11.6 Å². The van der Waals surface area contributed by atoms with Crippen molar-refractivity contribution in [1.82, 2.24) is 9.88 Å². The van der Waals surface area contributed by atoms with E-state index in [2.05, 4.69) is 10.3 Å². The zero-order chi connectivity index (χ0) is 18.8. The zero-order valence-electron chi connectivity index (χ0n) is 14.4. The fraction of sp³-hybridized carbons (Fsp3) is 0.200. The second-order valence-electron chi connectivity index (χ2n) is 6.22. The number of carbonyl (C=O) groups excluding carboxylic acids is 1. The number of nitrogens with zero attached hydrogens (tertiary/aromatic N) is 2. The number of benzene rings is 2. The Morgan fingerprint density at radius 2 is 1.85 bits per heavy atom. The molecule has 0 aliphatic carbocycles. The lowest BCUT2D eigenvalue weighted by atomic mass is 10.1. The first kappa shape index (κ1) is 17.4. The Bertz CT molecular complexity index is 1000. The minimum absolute atomic E-state index is 0.179. The average molecular weight is 369 g/mol. The largest absolute Gasteiger partial charge is 0.378 e. The SMILES string of the molecule is O=C(c1cnc2ccccc2c1Nc1ccc(F)c(F)c1)N1CCOCC1. The maximum absolute atomic E-state index is 13.6.